The molecule has 0 aromatic heterocycles. The van der Waals surface area contributed by atoms with Crippen LogP contribution in [0.25, 0.3) is 0 Å². The number of amides is 1. The molecule has 29 heavy (non-hydrogen) atoms. The van der Waals surface area contributed by atoms with Gasteiger partial charge in [-0.3, -0.25) is 4.79 Å². The molecule has 156 valence electrons. The van der Waals surface area contributed by atoms with Crippen molar-refractivity contribution in [2.75, 3.05) is 18.5 Å². The molecule has 0 aliphatic heterocycles. The van der Waals surface area contributed by atoms with Gasteiger partial charge < -0.3 is 26.2 Å². The van der Waals surface area contributed by atoms with Crippen LogP contribution >= 0.6 is 0 Å². The van der Waals surface area contributed by atoms with E-state index in [4.69, 9.17) is 5.73 Å². The second-order valence-corrected chi connectivity index (χ2v) is 8.16. The zero-order chi connectivity index (χ0) is 21.0. The minimum absolute atomic E-state index is 0.0205. The van der Waals surface area contributed by atoms with Crippen LogP contribution in [-0.4, -0.2) is 41.3 Å². The molecule has 3 rings (SSSR count). The standard InChI is InChI=1S/C23H31N3O3/c1-23(13-7-6-10-21(23)26(2)17-8-4-3-5-9-17)25-15-20(28)16-11-12-19(27)18(14-16)22(24)29/h3-5,8-9,11-12,14,20-21,25,27-28H,6-7,10,13,15H2,1-2H3,(H2,24,29). The van der Waals surface area contributed by atoms with Crippen LogP contribution in [0.5, 0.6) is 5.75 Å². The molecular weight excluding hydrogens is 366 g/mol. The lowest BCUT2D eigenvalue weighted by Gasteiger charge is -2.47. The Hall–Kier alpha value is -2.57. The van der Waals surface area contributed by atoms with Crippen molar-refractivity contribution in [1.29, 1.82) is 0 Å². The van der Waals surface area contributed by atoms with Crippen molar-refractivity contribution in [3.63, 3.8) is 0 Å². The Kier molecular flexibility index (Phi) is 6.45. The molecule has 6 heteroatoms. The number of benzene rings is 2. The van der Waals surface area contributed by atoms with Gasteiger partial charge in [0.05, 0.1) is 11.7 Å². The summed E-state index contributed by atoms with van der Waals surface area (Å²) in [5, 5.41) is 24.0. The maximum atomic E-state index is 11.5. The quantitative estimate of drug-likeness (QED) is 0.576. The first kappa shape index (κ1) is 21.1. The predicted molar refractivity (Wildman–Crippen MR) is 115 cm³/mol. The van der Waals surface area contributed by atoms with Crippen molar-refractivity contribution in [1.82, 2.24) is 5.32 Å². The highest BCUT2D eigenvalue weighted by Gasteiger charge is 2.39. The normalized spacial score (nSPS) is 22.8. The number of aromatic hydroxyl groups is 1. The van der Waals surface area contributed by atoms with Gasteiger partial charge in [0, 0.05) is 30.9 Å². The number of hydrogen-bond donors (Lipinski definition) is 4. The summed E-state index contributed by atoms with van der Waals surface area (Å²) in [5.41, 5.74) is 6.89. The van der Waals surface area contributed by atoms with Crippen LogP contribution in [-0.2, 0) is 0 Å². The average Bonchev–Trinajstić information content (AvgIpc) is 2.72. The summed E-state index contributed by atoms with van der Waals surface area (Å²) in [5.74, 6) is -0.890. The molecule has 1 aliphatic rings. The van der Waals surface area contributed by atoms with Gasteiger partial charge in [0.25, 0.3) is 5.91 Å². The van der Waals surface area contributed by atoms with E-state index in [1.54, 1.807) is 6.07 Å². The number of likely N-dealkylation sites (N-methyl/N-ethyl adjacent to an activating group) is 1. The predicted octanol–water partition coefficient (Wildman–Crippen LogP) is 2.95. The smallest absolute Gasteiger partial charge is 0.252 e. The van der Waals surface area contributed by atoms with Crippen molar-refractivity contribution < 1.29 is 15.0 Å². The van der Waals surface area contributed by atoms with Gasteiger partial charge in [0.1, 0.15) is 5.75 Å². The van der Waals surface area contributed by atoms with E-state index in [-0.39, 0.29) is 16.9 Å². The highest BCUT2D eigenvalue weighted by Crippen LogP contribution is 2.34. The monoisotopic (exact) mass is 397 g/mol. The maximum absolute atomic E-state index is 11.5. The second-order valence-electron chi connectivity index (χ2n) is 8.16. The second kappa shape index (κ2) is 8.84. The number of para-hydroxylation sites is 1. The molecule has 0 radical (unpaired) electrons. The van der Waals surface area contributed by atoms with Crippen LogP contribution in [0.1, 0.15) is 54.6 Å². The summed E-state index contributed by atoms with van der Waals surface area (Å²) >= 11 is 0. The number of nitrogens with two attached hydrogens (primary N) is 1. The lowest BCUT2D eigenvalue weighted by Crippen LogP contribution is -2.60. The average molecular weight is 398 g/mol. The molecule has 2 aromatic rings. The number of carbonyl (C=O) groups is 1. The van der Waals surface area contributed by atoms with E-state index >= 15 is 0 Å². The fourth-order valence-electron chi connectivity index (χ4n) is 4.39. The number of hydrogen-bond acceptors (Lipinski definition) is 5. The van der Waals surface area contributed by atoms with Gasteiger partial charge in [-0.25, -0.2) is 0 Å². The van der Waals surface area contributed by atoms with Crippen LogP contribution in [0.2, 0.25) is 0 Å². The van der Waals surface area contributed by atoms with Gasteiger partial charge in [-0.2, -0.15) is 0 Å². The molecule has 5 N–H and O–H groups in total. The fourth-order valence-corrected chi connectivity index (χ4v) is 4.39. The van der Waals surface area contributed by atoms with E-state index < -0.39 is 12.0 Å². The molecule has 1 fully saturated rings. The third-order valence-electron chi connectivity index (χ3n) is 6.16. The highest BCUT2D eigenvalue weighted by atomic mass is 16.3. The van der Waals surface area contributed by atoms with Crippen molar-refractivity contribution in [2.24, 2.45) is 5.73 Å². The summed E-state index contributed by atoms with van der Waals surface area (Å²) in [6.45, 7) is 2.56. The number of nitrogens with zero attached hydrogens (tertiary/aromatic N) is 1. The fraction of sp³-hybridized carbons (Fsp3) is 0.435. The van der Waals surface area contributed by atoms with E-state index in [0.29, 0.717) is 18.2 Å². The first-order chi connectivity index (χ1) is 13.8. The van der Waals surface area contributed by atoms with E-state index in [1.807, 2.05) is 18.2 Å². The van der Waals surface area contributed by atoms with E-state index in [2.05, 4.69) is 36.3 Å². The van der Waals surface area contributed by atoms with Gasteiger partial charge in [0.15, 0.2) is 0 Å². The van der Waals surface area contributed by atoms with Crippen LogP contribution < -0.4 is 16.0 Å². The number of primary amides is 1. The lowest BCUT2D eigenvalue weighted by molar-refractivity contribution is 0.0997. The van der Waals surface area contributed by atoms with E-state index in [0.717, 1.165) is 19.3 Å². The molecule has 1 saturated carbocycles. The number of aliphatic hydroxyl groups excluding tert-OH is 1. The minimum atomic E-state index is -0.810. The molecule has 6 nitrogen and oxygen atoms in total. The molecular formula is C23H31N3O3. The van der Waals surface area contributed by atoms with E-state index in [9.17, 15) is 15.0 Å². The number of rotatable bonds is 7. The van der Waals surface area contributed by atoms with Crippen LogP contribution in [0.15, 0.2) is 48.5 Å². The zero-order valence-corrected chi connectivity index (χ0v) is 17.1. The Labute approximate surface area is 172 Å². The van der Waals surface area contributed by atoms with Gasteiger partial charge in [0.2, 0.25) is 0 Å². The largest absolute Gasteiger partial charge is 0.507 e. The van der Waals surface area contributed by atoms with Crippen molar-refractivity contribution >= 4 is 11.6 Å². The third kappa shape index (κ3) is 4.71. The Morgan fingerprint density at radius 3 is 2.69 bits per heavy atom. The zero-order valence-electron chi connectivity index (χ0n) is 17.1. The number of β-amino-alcohol motifs (C(OH)–C–C–N with tert-alkyl or cyclic N) is 1. The molecule has 0 heterocycles. The number of anilines is 1. The van der Waals surface area contributed by atoms with Crippen LogP contribution in [0.4, 0.5) is 5.69 Å². The molecule has 0 saturated heterocycles. The first-order valence-electron chi connectivity index (χ1n) is 10.2. The first-order valence-corrected chi connectivity index (χ1v) is 10.2. The molecule has 0 spiro atoms. The summed E-state index contributed by atoms with van der Waals surface area (Å²) in [7, 11) is 2.13. The molecule has 1 amide bonds. The number of carbonyl (C=O) groups excluding carboxylic acids is 1. The molecule has 3 unspecified atom stereocenters. The Morgan fingerprint density at radius 1 is 1.28 bits per heavy atom. The third-order valence-corrected chi connectivity index (χ3v) is 6.16. The summed E-state index contributed by atoms with van der Waals surface area (Å²) in [6, 6.07) is 15.1. The van der Waals surface area contributed by atoms with Gasteiger partial charge in [-0.15, -0.1) is 0 Å². The highest BCUT2D eigenvalue weighted by molar-refractivity contribution is 5.95. The Balaban J connectivity index is 1.73. The van der Waals surface area contributed by atoms with Gasteiger partial charge in [-0.1, -0.05) is 37.1 Å². The molecule has 0 bridgehead atoms. The number of nitrogens with one attached hydrogen (secondary N) is 1. The number of aliphatic hydroxyl groups is 1. The maximum Gasteiger partial charge on any atom is 0.252 e. The molecule has 2 aromatic carbocycles. The van der Waals surface area contributed by atoms with Crippen molar-refractivity contribution in [3.05, 3.63) is 59.7 Å². The summed E-state index contributed by atoms with van der Waals surface area (Å²) in [4.78, 5) is 13.8. The SMILES string of the molecule is CN(c1ccccc1)C1CCCCC1(C)NCC(O)c1ccc(O)c(C(N)=O)c1. The number of phenols is 1. The van der Waals surface area contributed by atoms with Crippen molar-refractivity contribution in [2.45, 2.75) is 50.3 Å². The Bertz CT molecular complexity index is 843. The van der Waals surface area contributed by atoms with Crippen LogP contribution in [0.3, 0.4) is 0 Å². The van der Waals surface area contributed by atoms with E-state index in [1.165, 1.54) is 24.2 Å². The van der Waals surface area contributed by atoms with Gasteiger partial charge in [-0.05, 0) is 49.6 Å². The summed E-state index contributed by atoms with van der Waals surface area (Å²) in [6.07, 6.45) is 3.61. The van der Waals surface area contributed by atoms with Gasteiger partial charge >= 0.3 is 0 Å². The topological polar surface area (TPSA) is 98.8 Å². The minimum Gasteiger partial charge on any atom is -0.507 e. The summed E-state index contributed by atoms with van der Waals surface area (Å²) < 4.78 is 0. The van der Waals surface area contributed by atoms with Crippen molar-refractivity contribution in [3.8, 4) is 5.75 Å². The van der Waals surface area contributed by atoms with Crippen LogP contribution in [0, 0.1) is 0 Å². The molecule has 3 atom stereocenters. The Morgan fingerprint density at radius 2 is 2.00 bits per heavy atom. The molecule has 1 aliphatic carbocycles. The lowest BCUT2D eigenvalue weighted by atomic mass is 9.77.